The number of carbonyl (C=O) groups is 2. The molecule has 10 heteroatoms. The Bertz CT molecular complexity index is 1720. The van der Waals surface area contributed by atoms with Crippen molar-refractivity contribution in [3.63, 3.8) is 0 Å². The summed E-state index contributed by atoms with van der Waals surface area (Å²) in [7, 11) is 1.33. The van der Waals surface area contributed by atoms with Crippen molar-refractivity contribution in [2.24, 2.45) is 0 Å². The fourth-order valence-electron chi connectivity index (χ4n) is 5.33. The number of hydrogen-bond donors (Lipinski definition) is 2. The minimum atomic E-state index is -0.540. The van der Waals surface area contributed by atoms with Gasteiger partial charge in [0.2, 0.25) is 0 Å². The molecule has 0 aliphatic heterocycles. The van der Waals surface area contributed by atoms with Gasteiger partial charge in [0.1, 0.15) is 21.8 Å². The zero-order chi connectivity index (χ0) is 27.7. The van der Waals surface area contributed by atoms with Gasteiger partial charge in [-0.25, -0.2) is 9.78 Å². The molecule has 4 heterocycles. The number of aromatic nitrogens is 3. The van der Waals surface area contributed by atoms with E-state index in [0.29, 0.717) is 28.4 Å². The second-order valence-corrected chi connectivity index (χ2v) is 11.1. The molecule has 0 atom stereocenters. The SMILES string of the molecule is CCCCCCn1c(=N)c(C(=O)Nc2sc3c(c2C(=O)OC)CCCC3)cc2c(=O)n3cccc(C)c3nc21. The van der Waals surface area contributed by atoms with Crippen LogP contribution in [0.1, 0.15) is 82.2 Å². The number of fused-ring (bicyclic) bond motifs is 3. The van der Waals surface area contributed by atoms with Crippen LogP contribution in [0.15, 0.2) is 29.2 Å². The molecule has 2 N–H and O–H groups in total. The highest BCUT2D eigenvalue weighted by molar-refractivity contribution is 7.17. The van der Waals surface area contributed by atoms with Crippen molar-refractivity contribution in [1.82, 2.24) is 14.0 Å². The van der Waals surface area contributed by atoms with Crippen molar-refractivity contribution in [3.05, 3.63) is 67.4 Å². The predicted molar refractivity (Wildman–Crippen MR) is 152 cm³/mol. The van der Waals surface area contributed by atoms with E-state index in [2.05, 4.69) is 12.2 Å². The zero-order valence-corrected chi connectivity index (χ0v) is 23.4. The van der Waals surface area contributed by atoms with E-state index in [9.17, 15) is 14.4 Å². The summed E-state index contributed by atoms with van der Waals surface area (Å²) in [6, 6.07) is 5.14. The molecule has 0 saturated heterocycles. The Hall–Kier alpha value is -3.79. The Morgan fingerprint density at radius 3 is 2.74 bits per heavy atom. The van der Waals surface area contributed by atoms with Crippen LogP contribution in [-0.4, -0.2) is 32.9 Å². The molecule has 39 heavy (non-hydrogen) atoms. The Labute approximate surface area is 230 Å². The van der Waals surface area contributed by atoms with Crippen LogP contribution >= 0.6 is 11.3 Å². The summed E-state index contributed by atoms with van der Waals surface area (Å²) in [5.41, 5.74) is 2.86. The largest absolute Gasteiger partial charge is 0.465 e. The summed E-state index contributed by atoms with van der Waals surface area (Å²) >= 11 is 1.39. The van der Waals surface area contributed by atoms with Gasteiger partial charge >= 0.3 is 5.97 Å². The van der Waals surface area contributed by atoms with E-state index >= 15 is 0 Å². The minimum absolute atomic E-state index is 0.0118. The van der Waals surface area contributed by atoms with Crippen molar-refractivity contribution in [2.75, 3.05) is 12.4 Å². The van der Waals surface area contributed by atoms with Crippen LogP contribution in [0.5, 0.6) is 0 Å². The van der Waals surface area contributed by atoms with E-state index in [1.807, 2.05) is 13.0 Å². The number of thiophene rings is 1. The molecular weight excluding hydrogens is 514 g/mol. The Morgan fingerprint density at radius 1 is 1.18 bits per heavy atom. The average Bonchev–Trinajstić information content (AvgIpc) is 3.30. The molecule has 9 nitrogen and oxygen atoms in total. The van der Waals surface area contributed by atoms with Crippen molar-refractivity contribution in [3.8, 4) is 0 Å². The summed E-state index contributed by atoms with van der Waals surface area (Å²) < 4.78 is 8.20. The van der Waals surface area contributed by atoms with Gasteiger partial charge in [-0.15, -0.1) is 11.3 Å². The van der Waals surface area contributed by atoms with E-state index in [4.69, 9.17) is 15.1 Å². The lowest BCUT2D eigenvalue weighted by atomic mass is 9.95. The number of amides is 1. The highest BCUT2D eigenvalue weighted by Crippen LogP contribution is 2.38. The second kappa shape index (κ2) is 11.1. The summed E-state index contributed by atoms with van der Waals surface area (Å²) in [5.74, 6) is -1.02. The first-order chi connectivity index (χ1) is 18.8. The third-order valence-corrected chi connectivity index (χ3v) is 8.61. The number of hydrogen-bond acceptors (Lipinski definition) is 7. The monoisotopic (exact) mass is 547 g/mol. The first-order valence-electron chi connectivity index (χ1n) is 13.5. The fraction of sp³-hybridized carbons (Fsp3) is 0.414. The molecule has 0 spiro atoms. The minimum Gasteiger partial charge on any atom is -0.465 e. The van der Waals surface area contributed by atoms with Crippen molar-refractivity contribution >= 4 is 44.9 Å². The van der Waals surface area contributed by atoms with Gasteiger partial charge in [0.15, 0.2) is 0 Å². The first-order valence-corrected chi connectivity index (χ1v) is 14.3. The van der Waals surface area contributed by atoms with Crippen LogP contribution in [0.4, 0.5) is 5.00 Å². The first kappa shape index (κ1) is 26.8. The molecule has 1 amide bonds. The van der Waals surface area contributed by atoms with Crippen LogP contribution in [0, 0.1) is 12.3 Å². The standard InChI is InChI=1S/C29H33N5O4S/c1-4-5-6-9-14-33-23(30)19(16-20-25(33)31-24-17(2)11-10-15-34(24)28(20)36)26(35)32-27-22(29(37)38-3)18-12-7-8-13-21(18)39-27/h10-11,15-16,30H,4-9,12-14H2,1-3H3,(H,32,35). The van der Waals surface area contributed by atoms with E-state index in [-0.39, 0.29) is 22.0 Å². The van der Waals surface area contributed by atoms with Crippen LogP contribution in [-0.2, 0) is 24.1 Å². The molecule has 4 aromatic rings. The van der Waals surface area contributed by atoms with E-state index in [1.54, 1.807) is 16.8 Å². The number of unbranched alkanes of at least 4 members (excludes halogenated alkanes) is 3. The molecule has 204 valence electrons. The Morgan fingerprint density at radius 2 is 1.97 bits per heavy atom. The fourth-order valence-corrected chi connectivity index (χ4v) is 6.60. The van der Waals surface area contributed by atoms with E-state index in [1.165, 1.54) is 28.9 Å². The number of carbonyl (C=O) groups excluding carboxylic acids is 2. The maximum atomic E-state index is 13.7. The number of esters is 1. The molecule has 1 aliphatic carbocycles. The Balaban J connectivity index is 1.65. The summed E-state index contributed by atoms with van der Waals surface area (Å²) in [5, 5.41) is 12.6. The lowest BCUT2D eigenvalue weighted by Gasteiger charge is -2.15. The molecule has 0 aromatic carbocycles. The maximum Gasteiger partial charge on any atom is 0.341 e. The molecule has 0 saturated carbocycles. The summed E-state index contributed by atoms with van der Waals surface area (Å²) in [6.45, 7) is 4.49. The molecule has 0 fully saturated rings. The molecule has 4 aromatic heterocycles. The van der Waals surface area contributed by atoms with Crippen molar-refractivity contribution in [1.29, 1.82) is 5.41 Å². The number of aryl methyl sites for hydroxylation is 3. The van der Waals surface area contributed by atoms with Gasteiger partial charge in [-0.05, 0) is 62.3 Å². The van der Waals surface area contributed by atoms with Crippen molar-refractivity contribution < 1.29 is 14.3 Å². The molecule has 0 unspecified atom stereocenters. The number of anilines is 1. The number of nitrogens with one attached hydrogen (secondary N) is 2. The van der Waals surface area contributed by atoms with Gasteiger partial charge in [0, 0.05) is 17.6 Å². The highest BCUT2D eigenvalue weighted by atomic mass is 32.1. The van der Waals surface area contributed by atoms with Gasteiger partial charge in [0.05, 0.1) is 23.6 Å². The van der Waals surface area contributed by atoms with E-state index in [0.717, 1.165) is 67.4 Å². The second-order valence-electron chi connectivity index (χ2n) is 10.0. The molecule has 0 bridgehead atoms. The normalized spacial score (nSPS) is 13.0. The number of ether oxygens (including phenoxy) is 1. The molecular formula is C29H33N5O4S. The van der Waals surface area contributed by atoms with Crippen LogP contribution in [0.2, 0.25) is 0 Å². The van der Waals surface area contributed by atoms with E-state index < -0.39 is 11.9 Å². The highest BCUT2D eigenvalue weighted by Gasteiger charge is 2.28. The Kier molecular flexibility index (Phi) is 7.65. The summed E-state index contributed by atoms with van der Waals surface area (Å²) in [4.78, 5) is 45.8. The number of rotatable bonds is 8. The lowest BCUT2D eigenvalue weighted by Crippen LogP contribution is -2.32. The van der Waals surface area contributed by atoms with Crippen LogP contribution in [0.25, 0.3) is 16.7 Å². The topological polar surface area (TPSA) is 119 Å². The van der Waals surface area contributed by atoms with Crippen molar-refractivity contribution in [2.45, 2.75) is 71.8 Å². The summed E-state index contributed by atoms with van der Waals surface area (Å²) in [6.07, 6.45) is 9.18. The van der Waals surface area contributed by atoms with Crippen LogP contribution < -0.4 is 16.4 Å². The molecule has 0 radical (unpaired) electrons. The average molecular weight is 548 g/mol. The zero-order valence-electron chi connectivity index (χ0n) is 22.6. The van der Waals surface area contributed by atoms with Crippen LogP contribution in [0.3, 0.4) is 0 Å². The third-order valence-electron chi connectivity index (χ3n) is 7.40. The molecule has 1 aliphatic rings. The maximum absolute atomic E-state index is 13.7. The lowest BCUT2D eigenvalue weighted by molar-refractivity contribution is 0.0601. The number of nitrogens with zero attached hydrogens (tertiary/aromatic N) is 3. The number of pyridine rings is 2. The van der Waals surface area contributed by atoms with Gasteiger partial charge in [0.25, 0.3) is 11.5 Å². The van der Waals surface area contributed by atoms with Gasteiger partial charge in [-0.3, -0.25) is 19.4 Å². The smallest absolute Gasteiger partial charge is 0.341 e. The molecule has 5 rings (SSSR count). The third kappa shape index (κ3) is 4.89. The predicted octanol–water partition coefficient (Wildman–Crippen LogP) is 5.00. The number of methoxy groups -OCH3 is 1. The van der Waals surface area contributed by atoms with Gasteiger partial charge < -0.3 is 14.6 Å². The quantitative estimate of drug-likeness (QED) is 0.183. The van der Waals surface area contributed by atoms with Gasteiger partial charge in [-0.1, -0.05) is 32.3 Å². The van der Waals surface area contributed by atoms with Gasteiger partial charge in [-0.2, -0.15) is 0 Å².